The summed E-state index contributed by atoms with van der Waals surface area (Å²) in [6.07, 6.45) is -0.298. The van der Waals surface area contributed by atoms with Crippen molar-refractivity contribution in [1.29, 1.82) is 0 Å². The fourth-order valence-electron chi connectivity index (χ4n) is 4.54. The summed E-state index contributed by atoms with van der Waals surface area (Å²) < 4.78 is 5.99. The first kappa shape index (κ1) is 29.0. The van der Waals surface area contributed by atoms with Gasteiger partial charge in [0.2, 0.25) is 6.41 Å². The van der Waals surface area contributed by atoms with Crippen LogP contribution in [0.3, 0.4) is 0 Å². The normalized spacial score (nSPS) is 18.2. The van der Waals surface area contributed by atoms with Gasteiger partial charge in [-0.05, 0) is 16.7 Å². The van der Waals surface area contributed by atoms with E-state index in [0.717, 1.165) is 22.5 Å². The van der Waals surface area contributed by atoms with Gasteiger partial charge >= 0.3 is 5.97 Å². The Bertz CT molecular complexity index is 1500. The van der Waals surface area contributed by atoms with E-state index in [4.69, 9.17) is 9.57 Å². The molecular weight excluding hydrogens is 582 g/mol. The number of anilines is 1. The molecule has 3 amide bonds. The maximum atomic E-state index is 13.7. The molecule has 0 bridgehead atoms. The average molecular weight is 608 g/mol. The number of nitrogens with one attached hydrogen (secondary N) is 2. The van der Waals surface area contributed by atoms with Crippen LogP contribution in [0.2, 0.25) is 0 Å². The lowest BCUT2D eigenvalue weighted by molar-refractivity contribution is -0.154. The molecule has 3 aromatic rings. The van der Waals surface area contributed by atoms with E-state index < -0.39 is 41.9 Å². The highest BCUT2D eigenvalue weighted by atomic mass is 32.2. The summed E-state index contributed by atoms with van der Waals surface area (Å²) in [6.45, 7) is -0.447. The zero-order valence-electron chi connectivity index (χ0n) is 22.1. The number of esters is 1. The van der Waals surface area contributed by atoms with Crippen LogP contribution >= 0.6 is 23.1 Å². The SMILES string of the molecule is CO/N=C(\C(=O)NC1C(=O)N2C(C(=O)OC(c3ccccc3)c3ccccc3)=C(CO)CS[C@H]12)c1csc(NC=O)n1. The smallest absolute Gasteiger partial charge is 0.356 e. The van der Waals surface area contributed by atoms with Crippen molar-refractivity contribution in [2.24, 2.45) is 5.16 Å². The van der Waals surface area contributed by atoms with E-state index in [1.165, 1.54) is 29.2 Å². The summed E-state index contributed by atoms with van der Waals surface area (Å²) in [5.74, 6) is -1.80. The molecule has 1 aromatic heterocycles. The van der Waals surface area contributed by atoms with Gasteiger partial charge in [0.1, 0.15) is 29.9 Å². The molecule has 3 heterocycles. The predicted octanol–water partition coefficient (Wildman–Crippen LogP) is 2.04. The maximum Gasteiger partial charge on any atom is 0.356 e. The van der Waals surface area contributed by atoms with E-state index in [1.807, 2.05) is 60.7 Å². The Morgan fingerprint density at radius 1 is 1.17 bits per heavy atom. The van der Waals surface area contributed by atoms with Crippen molar-refractivity contribution in [2.45, 2.75) is 17.5 Å². The second-order valence-electron chi connectivity index (χ2n) is 9.00. The molecule has 1 fully saturated rings. The minimum atomic E-state index is -0.988. The summed E-state index contributed by atoms with van der Waals surface area (Å²) in [5, 5.41) is 20.0. The van der Waals surface area contributed by atoms with Crippen molar-refractivity contribution in [2.75, 3.05) is 24.8 Å². The lowest BCUT2D eigenvalue weighted by Crippen LogP contribution is -2.71. The van der Waals surface area contributed by atoms with Gasteiger partial charge in [0, 0.05) is 11.1 Å². The molecule has 12 nitrogen and oxygen atoms in total. The highest BCUT2D eigenvalue weighted by Gasteiger charge is 2.55. The van der Waals surface area contributed by atoms with Crippen LogP contribution in [0.1, 0.15) is 22.9 Å². The van der Waals surface area contributed by atoms with Crippen LogP contribution < -0.4 is 10.6 Å². The number of carbonyl (C=O) groups is 4. The monoisotopic (exact) mass is 607 g/mol. The number of nitrogens with zero attached hydrogens (tertiary/aromatic N) is 3. The number of aliphatic hydroxyl groups is 1. The summed E-state index contributed by atoms with van der Waals surface area (Å²) in [7, 11) is 1.26. The highest BCUT2D eigenvalue weighted by molar-refractivity contribution is 8.00. The number of thioether (sulfide) groups is 1. The molecule has 0 aliphatic carbocycles. The van der Waals surface area contributed by atoms with Crippen molar-refractivity contribution in [3.63, 3.8) is 0 Å². The number of oxime groups is 1. The third kappa shape index (κ3) is 5.77. The fourth-order valence-corrected chi connectivity index (χ4v) is 6.53. The van der Waals surface area contributed by atoms with Crippen LogP contribution in [-0.4, -0.2) is 75.8 Å². The molecule has 2 aromatic carbocycles. The van der Waals surface area contributed by atoms with Gasteiger partial charge in [-0.2, -0.15) is 0 Å². The summed E-state index contributed by atoms with van der Waals surface area (Å²) in [6, 6.07) is 17.4. The highest BCUT2D eigenvalue weighted by Crippen LogP contribution is 2.41. The van der Waals surface area contributed by atoms with Gasteiger partial charge in [-0.1, -0.05) is 65.8 Å². The van der Waals surface area contributed by atoms with Gasteiger partial charge in [-0.3, -0.25) is 19.3 Å². The number of benzene rings is 2. The zero-order valence-corrected chi connectivity index (χ0v) is 23.8. The number of aliphatic hydroxyl groups excluding tert-OH is 1. The van der Waals surface area contributed by atoms with Gasteiger partial charge in [-0.15, -0.1) is 23.1 Å². The Kier molecular flexibility index (Phi) is 8.95. The molecule has 3 N–H and O–H groups in total. The number of ether oxygens (including phenoxy) is 1. The van der Waals surface area contributed by atoms with E-state index in [-0.39, 0.29) is 28.0 Å². The van der Waals surface area contributed by atoms with Crippen LogP contribution in [0.5, 0.6) is 0 Å². The minimum absolute atomic E-state index is 0.0385. The van der Waals surface area contributed by atoms with Crippen LogP contribution in [0.4, 0.5) is 5.13 Å². The number of hydrogen-bond donors (Lipinski definition) is 3. The van der Waals surface area contributed by atoms with Crippen molar-refractivity contribution in [3.05, 3.63) is 94.1 Å². The van der Waals surface area contributed by atoms with Crippen LogP contribution in [0.15, 0.2) is 82.5 Å². The van der Waals surface area contributed by atoms with Crippen LogP contribution in [0, 0.1) is 0 Å². The second-order valence-corrected chi connectivity index (χ2v) is 11.0. The van der Waals surface area contributed by atoms with Crippen molar-refractivity contribution in [1.82, 2.24) is 15.2 Å². The summed E-state index contributed by atoms with van der Waals surface area (Å²) in [5.41, 5.74) is 1.73. The van der Waals surface area contributed by atoms with Crippen LogP contribution in [0.25, 0.3) is 0 Å². The number of β-lactam (4-membered cyclic amide) rings is 1. The Morgan fingerprint density at radius 2 is 1.83 bits per heavy atom. The molecule has 1 saturated heterocycles. The van der Waals surface area contributed by atoms with E-state index in [9.17, 15) is 24.3 Å². The predicted molar refractivity (Wildman–Crippen MR) is 155 cm³/mol. The number of aromatic nitrogens is 1. The third-order valence-electron chi connectivity index (χ3n) is 6.47. The first-order chi connectivity index (χ1) is 20.5. The van der Waals surface area contributed by atoms with Crippen molar-refractivity contribution in [3.8, 4) is 0 Å². The molecule has 2 aliphatic rings. The molecule has 216 valence electrons. The lowest BCUT2D eigenvalue weighted by atomic mass is 10.0. The fraction of sp³-hybridized carbons (Fsp3) is 0.214. The average Bonchev–Trinajstić information content (AvgIpc) is 3.49. The molecule has 5 rings (SSSR count). The minimum Gasteiger partial charge on any atom is -0.448 e. The molecule has 0 saturated carbocycles. The molecule has 1 unspecified atom stereocenters. The number of hydrogen-bond acceptors (Lipinski definition) is 11. The van der Waals surface area contributed by atoms with E-state index in [2.05, 4.69) is 20.8 Å². The topological polar surface area (TPSA) is 160 Å². The van der Waals surface area contributed by atoms with Gasteiger partial charge in [-0.25, -0.2) is 9.78 Å². The molecule has 42 heavy (non-hydrogen) atoms. The van der Waals surface area contributed by atoms with Gasteiger partial charge < -0.3 is 25.3 Å². The summed E-state index contributed by atoms with van der Waals surface area (Å²) in [4.78, 5) is 61.1. The number of thiazole rings is 1. The maximum absolute atomic E-state index is 13.7. The van der Waals surface area contributed by atoms with Gasteiger partial charge in [0.05, 0.1) is 6.61 Å². The Morgan fingerprint density at radius 3 is 2.43 bits per heavy atom. The lowest BCUT2D eigenvalue weighted by Gasteiger charge is -2.49. The van der Waals surface area contributed by atoms with E-state index in [0.29, 0.717) is 12.0 Å². The number of fused-ring (bicyclic) bond motifs is 1. The molecule has 2 aliphatic heterocycles. The van der Waals surface area contributed by atoms with Crippen molar-refractivity contribution >= 4 is 58.1 Å². The van der Waals surface area contributed by atoms with Crippen molar-refractivity contribution < 1.29 is 33.9 Å². The molecular formula is C28H25N5O7S2. The molecule has 0 radical (unpaired) electrons. The van der Waals surface area contributed by atoms with E-state index in [1.54, 1.807) is 0 Å². The zero-order chi connectivity index (χ0) is 29.6. The number of amides is 3. The van der Waals surface area contributed by atoms with Crippen LogP contribution in [-0.2, 0) is 28.8 Å². The Balaban J connectivity index is 1.36. The Labute approximate surface area is 248 Å². The number of rotatable bonds is 11. The molecule has 0 spiro atoms. The molecule has 2 atom stereocenters. The van der Waals surface area contributed by atoms with Gasteiger partial charge in [0.25, 0.3) is 11.8 Å². The third-order valence-corrected chi connectivity index (χ3v) is 8.59. The quantitative estimate of drug-likeness (QED) is 0.0975. The Hall–Kier alpha value is -4.53. The largest absolute Gasteiger partial charge is 0.448 e. The van der Waals surface area contributed by atoms with E-state index >= 15 is 0 Å². The first-order valence-corrected chi connectivity index (χ1v) is 14.6. The second kappa shape index (κ2) is 13.0. The standard InChI is InChI=1S/C28H25N5O7S2/c1-39-32-20(19-14-42-28(30-19)29-15-35)24(36)31-21-25(37)33-22(18(12-34)13-41-26(21)33)27(38)40-23(16-8-4-2-5-9-16)17-10-6-3-7-11-17/h2-11,14-15,21,23,26,34H,12-13H2,1H3,(H,31,36)(H,29,30,35)/b32-20-/t21?,26-/m1/s1. The number of carbonyl (C=O) groups excluding carboxylic acids is 4. The first-order valence-electron chi connectivity index (χ1n) is 12.6. The van der Waals surface area contributed by atoms with Gasteiger partial charge in [0.15, 0.2) is 16.9 Å². The summed E-state index contributed by atoms with van der Waals surface area (Å²) >= 11 is 2.38. The molecule has 14 heteroatoms.